The number of carbonyl (C=O) groups excluding carboxylic acids is 3. The normalized spacial score (nSPS) is 18.2. The Labute approximate surface area is 493 Å². The van der Waals surface area contributed by atoms with E-state index in [1.165, 1.54) is 96.3 Å². The molecule has 0 amide bonds. The molecule has 0 aromatic heterocycles. The van der Waals surface area contributed by atoms with Crippen molar-refractivity contribution in [1.29, 1.82) is 0 Å². The maximum atomic E-state index is 13.2. The largest absolute Gasteiger partial charge is 0.479 e. The monoisotopic (exact) mass is 1140 g/mol. The summed E-state index contributed by atoms with van der Waals surface area (Å²) in [4.78, 5) is 51.3. The van der Waals surface area contributed by atoms with Gasteiger partial charge in [-0.2, -0.15) is 0 Å². The minimum Gasteiger partial charge on any atom is -0.479 e. The van der Waals surface area contributed by atoms with Gasteiger partial charge in [0.25, 0.3) is 0 Å². The summed E-state index contributed by atoms with van der Waals surface area (Å²) in [5.41, 5.74) is 0. The van der Waals surface area contributed by atoms with Gasteiger partial charge in [-0.25, -0.2) is 4.79 Å². The number of carbonyl (C=O) groups is 4. The van der Waals surface area contributed by atoms with Crippen molar-refractivity contribution in [2.75, 3.05) is 13.2 Å². The number of aliphatic carboxylic acids is 1. The molecule has 1 aliphatic heterocycles. The molecule has 0 aromatic rings. The number of hydrogen-bond acceptors (Lipinski definition) is 11. The van der Waals surface area contributed by atoms with Crippen molar-refractivity contribution in [3.05, 3.63) is 72.9 Å². The van der Waals surface area contributed by atoms with Crippen LogP contribution in [0.3, 0.4) is 0 Å². The summed E-state index contributed by atoms with van der Waals surface area (Å²) >= 11 is 0. The highest BCUT2D eigenvalue weighted by atomic mass is 16.7. The van der Waals surface area contributed by atoms with Gasteiger partial charge in [0.1, 0.15) is 18.8 Å². The van der Waals surface area contributed by atoms with Crippen molar-refractivity contribution in [1.82, 2.24) is 0 Å². The molecule has 81 heavy (non-hydrogen) atoms. The van der Waals surface area contributed by atoms with Gasteiger partial charge in [0, 0.05) is 19.3 Å². The molecular weight excluding hydrogens is 1020 g/mol. The van der Waals surface area contributed by atoms with Crippen LogP contribution in [0.25, 0.3) is 0 Å². The van der Waals surface area contributed by atoms with Gasteiger partial charge in [-0.3, -0.25) is 14.4 Å². The average molecular weight is 1140 g/mol. The van der Waals surface area contributed by atoms with E-state index < -0.39 is 67.3 Å². The Morgan fingerprint density at radius 2 is 0.778 bits per heavy atom. The van der Waals surface area contributed by atoms with Crippen LogP contribution >= 0.6 is 0 Å². The number of aliphatic hydroxyl groups excluding tert-OH is 2. The fourth-order valence-corrected chi connectivity index (χ4v) is 9.70. The van der Waals surface area contributed by atoms with Gasteiger partial charge >= 0.3 is 23.9 Å². The molecule has 12 nitrogen and oxygen atoms in total. The zero-order chi connectivity index (χ0) is 58.9. The van der Waals surface area contributed by atoms with Gasteiger partial charge in [0.05, 0.1) is 6.61 Å². The van der Waals surface area contributed by atoms with Crippen LogP contribution in [-0.4, -0.2) is 89.2 Å². The highest BCUT2D eigenvalue weighted by Crippen LogP contribution is 2.27. The van der Waals surface area contributed by atoms with Crippen LogP contribution in [0.1, 0.15) is 290 Å². The summed E-state index contributed by atoms with van der Waals surface area (Å²) < 4.78 is 28.5. The van der Waals surface area contributed by atoms with Crippen molar-refractivity contribution in [3.8, 4) is 0 Å². The second kappa shape index (κ2) is 56.6. The lowest BCUT2D eigenvalue weighted by atomic mass is 9.98. The summed E-state index contributed by atoms with van der Waals surface area (Å²) in [7, 11) is 0. The van der Waals surface area contributed by atoms with E-state index in [-0.39, 0.29) is 25.9 Å². The van der Waals surface area contributed by atoms with Crippen molar-refractivity contribution < 1.29 is 58.2 Å². The molecule has 0 radical (unpaired) electrons. The van der Waals surface area contributed by atoms with Crippen molar-refractivity contribution in [2.24, 2.45) is 0 Å². The fraction of sp³-hybridized carbons (Fsp3) is 0.768. The lowest BCUT2D eigenvalue weighted by molar-refractivity contribution is -0.301. The summed E-state index contributed by atoms with van der Waals surface area (Å²) in [5, 5.41) is 31.6. The SMILES string of the molecule is CC/C=C\C/C=C\C/C=C\C/C=C\CCCCCCCCC(=O)OCC(COC1OC(C(=O)O)C(O)C(O)C1OC(=O)CCCCCCCCCCC/C=C\CCCCCCCC)OC(=O)CCCCCCC/C=C\CCCCCC. The second-order valence-corrected chi connectivity index (χ2v) is 22.4. The number of esters is 3. The first-order valence-corrected chi connectivity index (χ1v) is 32.9. The molecule has 1 rings (SSSR count). The van der Waals surface area contributed by atoms with Gasteiger partial charge in [-0.1, -0.05) is 235 Å². The lowest BCUT2D eigenvalue weighted by Gasteiger charge is -2.40. The Bertz CT molecular complexity index is 1680. The van der Waals surface area contributed by atoms with E-state index in [9.17, 15) is 34.5 Å². The zero-order valence-corrected chi connectivity index (χ0v) is 51.5. The molecule has 0 saturated carbocycles. The third kappa shape index (κ3) is 46.3. The van der Waals surface area contributed by atoms with Crippen LogP contribution in [0.5, 0.6) is 0 Å². The molecule has 1 heterocycles. The molecule has 1 aliphatic rings. The molecular formula is C69H118O12. The van der Waals surface area contributed by atoms with Crippen molar-refractivity contribution in [2.45, 2.75) is 327 Å². The van der Waals surface area contributed by atoms with Gasteiger partial charge in [-0.15, -0.1) is 0 Å². The summed E-state index contributed by atoms with van der Waals surface area (Å²) in [6.07, 6.45) is 60.0. The van der Waals surface area contributed by atoms with E-state index in [0.717, 1.165) is 135 Å². The fourth-order valence-electron chi connectivity index (χ4n) is 9.70. The van der Waals surface area contributed by atoms with Crippen LogP contribution in [0, 0.1) is 0 Å². The third-order valence-corrected chi connectivity index (χ3v) is 14.7. The first-order chi connectivity index (χ1) is 39.6. The molecule has 6 atom stereocenters. The van der Waals surface area contributed by atoms with E-state index in [1.54, 1.807) is 0 Å². The van der Waals surface area contributed by atoms with Gasteiger partial charge < -0.3 is 39.0 Å². The topological polar surface area (TPSA) is 175 Å². The molecule has 0 aromatic carbocycles. The quantitative estimate of drug-likeness (QED) is 0.0228. The second-order valence-electron chi connectivity index (χ2n) is 22.4. The predicted octanol–water partition coefficient (Wildman–Crippen LogP) is 17.7. The van der Waals surface area contributed by atoms with Crippen LogP contribution in [0.2, 0.25) is 0 Å². The molecule has 1 saturated heterocycles. The maximum absolute atomic E-state index is 13.2. The smallest absolute Gasteiger partial charge is 0.335 e. The number of hydrogen-bond donors (Lipinski definition) is 3. The van der Waals surface area contributed by atoms with Crippen LogP contribution < -0.4 is 0 Å². The number of rotatable bonds is 56. The molecule has 1 fully saturated rings. The van der Waals surface area contributed by atoms with Gasteiger partial charge in [-0.05, 0) is 109 Å². The maximum Gasteiger partial charge on any atom is 0.335 e. The molecule has 466 valence electrons. The number of carboxylic acid groups (broad SMARTS) is 1. The van der Waals surface area contributed by atoms with Crippen LogP contribution in [0.15, 0.2) is 72.9 Å². The average Bonchev–Trinajstić information content (AvgIpc) is 3.45. The number of ether oxygens (including phenoxy) is 5. The zero-order valence-electron chi connectivity index (χ0n) is 51.5. The third-order valence-electron chi connectivity index (χ3n) is 14.7. The van der Waals surface area contributed by atoms with E-state index in [0.29, 0.717) is 19.3 Å². The summed E-state index contributed by atoms with van der Waals surface area (Å²) in [5.74, 6) is -3.14. The first kappa shape index (κ1) is 75.2. The van der Waals surface area contributed by atoms with Gasteiger partial charge in [0.2, 0.25) is 0 Å². The Hall–Kier alpha value is -3.84. The Morgan fingerprint density at radius 1 is 0.420 bits per heavy atom. The molecule has 0 aliphatic carbocycles. The Kier molecular flexibility index (Phi) is 52.6. The van der Waals surface area contributed by atoms with E-state index in [1.807, 2.05) is 0 Å². The standard InChI is InChI=1S/C69H118O12/c1-4-7-10-13-16-19-22-25-27-29-31-33-35-38-40-43-46-49-52-55-61(70)77-58-60(79-62(71)56-53-50-47-44-41-37-24-21-18-15-12-9-6-3)59-78-69-67(65(74)64(73)66(81-69)68(75)76)80-63(72)57-54-51-48-45-42-39-36-34-32-30-28-26-23-20-17-14-11-8-5-2/h7,10,16,19,21,24-28,31,33,60,64-67,69,73-74H,4-6,8-9,11-15,17-18,20,22-23,29-30,32,34-59H2,1-3H3,(H,75,76)/b10-7-,19-16-,24-21-,27-25-,28-26-,33-31-. The minimum atomic E-state index is -1.91. The van der Waals surface area contributed by atoms with E-state index in [2.05, 4.69) is 93.7 Å². The highest BCUT2D eigenvalue weighted by molar-refractivity contribution is 5.74. The van der Waals surface area contributed by atoms with E-state index in [4.69, 9.17) is 23.7 Å². The Morgan fingerprint density at radius 3 is 1.21 bits per heavy atom. The van der Waals surface area contributed by atoms with Crippen LogP contribution in [0.4, 0.5) is 0 Å². The number of carboxylic acids is 1. The molecule has 6 unspecified atom stereocenters. The Balaban J connectivity index is 2.64. The van der Waals surface area contributed by atoms with E-state index >= 15 is 0 Å². The molecule has 12 heteroatoms. The summed E-state index contributed by atoms with van der Waals surface area (Å²) in [6.45, 7) is 5.87. The molecule has 0 bridgehead atoms. The van der Waals surface area contributed by atoms with Crippen LogP contribution in [-0.2, 0) is 42.9 Å². The molecule has 3 N–H and O–H groups in total. The predicted molar refractivity (Wildman–Crippen MR) is 331 cm³/mol. The molecule has 0 spiro atoms. The van der Waals surface area contributed by atoms with Crippen molar-refractivity contribution in [3.63, 3.8) is 0 Å². The van der Waals surface area contributed by atoms with Gasteiger partial charge in [0.15, 0.2) is 24.6 Å². The minimum absolute atomic E-state index is 0.0554. The summed E-state index contributed by atoms with van der Waals surface area (Å²) in [6, 6.07) is 0. The number of unbranched alkanes of at least 4 members (excludes halogenated alkanes) is 30. The first-order valence-electron chi connectivity index (χ1n) is 32.9. The van der Waals surface area contributed by atoms with Crippen molar-refractivity contribution >= 4 is 23.9 Å². The lowest BCUT2D eigenvalue weighted by Crippen LogP contribution is -2.61. The number of aliphatic hydroxyl groups is 2. The number of allylic oxidation sites excluding steroid dienone is 12. The highest BCUT2D eigenvalue weighted by Gasteiger charge is 2.50.